The van der Waals surface area contributed by atoms with Crippen molar-refractivity contribution >= 4 is 12.1 Å². The summed E-state index contributed by atoms with van der Waals surface area (Å²) in [7, 11) is 4.37. The molecule has 2 N–H and O–H groups in total. The summed E-state index contributed by atoms with van der Waals surface area (Å²) >= 11 is 0. The zero-order chi connectivity index (χ0) is 18.6. The lowest BCUT2D eigenvalue weighted by molar-refractivity contribution is -0.0963. The number of benzene rings is 1. The maximum Gasteiger partial charge on any atom is 0.431 e. The Balaban J connectivity index is 2.31. The molecule has 1 aromatic rings. The second-order valence-corrected chi connectivity index (χ2v) is 5.02. The highest BCUT2D eigenvalue weighted by Crippen LogP contribution is 2.38. The van der Waals surface area contributed by atoms with Crippen LogP contribution in [-0.4, -0.2) is 39.6 Å². The van der Waals surface area contributed by atoms with Gasteiger partial charge in [-0.05, 0) is 23.8 Å². The zero-order valence-corrected chi connectivity index (χ0v) is 13.7. The quantitative estimate of drug-likeness (QED) is 0.849. The smallest absolute Gasteiger partial charge is 0.431 e. The molecule has 136 valence electrons. The lowest BCUT2D eigenvalue weighted by atomic mass is 10.1. The number of methoxy groups -OCH3 is 3. The minimum absolute atomic E-state index is 0.400. The first-order valence-electron chi connectivity index (χ1n) is 7.13. The number of carbonyl (C=O) groups excluding carboxylic acids is 1. The van der Waals surface area contributed by atoms with Gasteiger partial charge >= 0.3 is 12.2 Å². The van der Waals surface area contributed by atoms with E-state index in [2.05, 4.69) is 5.32 Å². The lowest BCUT2D eigenvalue weighted by Gasteiger charge is -2.22. The maximum atomic E-state index is 12.8. The number of rotatable bonds is 5. The predicted octanol–water partition coefficient (Wildman–Crippen LogP) is 2.85. The zero-order valence-electron chi connectivity index (χ0n) is 13.7. The van der Waals surface area contributed by atoms with Crippen LogP contribution in [0.4, 0.5) is 18.0 Å². The van der Waals surface area contributed by atoms with Crippen LogP contribution in [0.1, 0.15) is 5.56 Å². The molecule has 0 radical (unpaired) electrons. The summed E-state index contributed by atoms with van der Waals surface area (Å²) < 4.78 is 53.9. The molecule has 6 nitrogen and oxygen atoms in total. The summed E-state index contributed by atoms with van der Waals surface area (Å²) in [5, 5.41) is 4.10. The number of hydrogen-bond donors (Lipinski definition) is 2. The first-order valence-corrected chi connectivity index (χ1v) is 7.13. The van der Waals surface area contributed by atoms with Crippen LogP contribution in [-0.2, 0) is 0 Å². The van der Waals surface area contributed by atoms with Gasteiger partial charge in [-0.3, -0.25) is 0 Å². The summed E-state index contributed by atoms with van der Waals surface area (Å²) in [4.78, 5) is 11.4. The molecule has 2 amide bonds. The number of nitrogens with one attached hydrogen (secondary N) is 2. The van der Waals surface area contributed by atoms with Crippen molar-refractivity contribution in [3.63, 3.8) is 0 Å². The minimum Gasteiger partial charge on any atom is -0.493 e. The van der Waals surface area contributed by atoms with E-state index in [1.54, 1.807) is 23.5 Å². The highest BCUT2D eigenvalue weighted by molar-refractivity contribution is 5.79. The SMILES string of the molecule is COc1cc(/C=C/C2C=C(C(F)(F)F)NC(=O)N2)cc(OC)c1OC. The molecule has 0 fully saturated rings. The molecule has 0 spiro atoms. The standard InChI is InChI=1S/C16H17F3N2O4/c1-23-11-6-9(7-12(24-2)14(11)25-3)4-5-10-8-13(16(17,18)19)21-15(22)20-10/h4-8,10H,1-3H3,(H2,20,21,22)/b5-4+. The van der Waals surface area contributed by atoms with Crippen LogP contribution in [0.2, 0.25) is 0 Å². The number of amides is 2. The number of alkyl halides is 3. The Bertz CT molecular complexity index is 689. The molecule has 1 aliphatic rings. The van der Waals surface area contributed by atoms with Gasteiger partial charge in [0.2, 0.25) is 5.75 Å². The fourth-order valence-corrected chi connectivity index (χ4v) is 2.25. The predicted molar refractivity (Wildman–Crippen MR) is 84.7 cm³/mol. The van der Waals surface area contributed by atoms with Crippen molar-refractivity contribution in [1.82, 2.24) is 10.6 Å². The van der Waals surface area contributed by atoms with Gasteiger partial charge in [0.1, 0.15) is 5.70 Å². The molecule has 2 rings (SSSR count). The Hall–Kier alpha value is -2.84. The number of urea groups is 1. The third kappa shape index (κ3) is 4.37. The summed E-state index contributed by atoms with van der Waals surface area (Å²) in [6.45, 7) is 0. The molecule has 1 aliphatic heterocycles. The molecule has 1 atom stereocenters. The Morgan fingerprint density at radius 1 is 1.08 bits per heavy atom. The molecular formula is C16H17F3N2O4. The van der Waals surface area contributed by atoms with Crippen molar-refractivity contribution in [1.29, 1.82) is 0 Å². The Morgan fingerprint density at radius 2 is 1.68 bits per heavy atom. The van der Waals surface area contributed by atoms with Gasteiger partial charge in [0.15, 0.2) is 11.5 Å². The largest absolute Gasteiger partial charge is 0.493 e. The van der Waals surface area contributed by atoms with Crippen molar-refractivity contribution in [2.45, 2.75) is 12.2 Å². The monoisotopic (exact) mass is 358 g/mol. The van der Waals surface area contributed by atoms with Crippen molar-refractivity contribution < 1.29 is 32.2 Å². The van der Waals surface area contributed by atoms with Crippen molar-refractivity contribution in [2.24, 2.45) is 0 Å². The van der Waals surface area contributed by atoms with Gasteiger partial charge in [-0.15, -0.1) is 0 Å². The Kier molecular flexibility index (Phi) is 5.45. The molecule has 0 saturated carbocycles. The number of halogens is 3. The second kappa shape index (κ2) is 7.37. The first-order chi connectivity index (χ1) is 11.8. The van der Waals surface area contributed by atoms with Crippen LogP contribution in [0.3, 0.4) is 0 Å². The number of ether oxygens (including phenoxy) is 3. The molecule has 1 heterocycles. The van der Waals surface area contributed by atoms with Gasteiger partial charge in [-0.25, -0.2) is 4.79 Å². The van der Waals surface area contributed by atoms with E-state index in [1.807, 2.05) is 0 Å². The third-order valence-corrected chi connectivity index (χ3v) is 3.38. The van der Waals surface area contributed by atoms with Gasteiger partial charge in [-0.1, -0.05) is 12.2 Å². The van der Waals surface area contributed by atoms with E-state index >= 15 is 0 Å². The van der Waals surface area contributed by atoms with E-state index in [1.165, 1.54) is 27.4 Å². The summed E-state index contributed by atoms with van der Waals surface area (Å²) in [6, 6.07) is 1.43. The molecule has 0 aliphatic carbocycles. The number of carbonyl (C=O) groups is 1. The van der Waals surface area contributed by atoms with Crippen LogP contribution < -0.4 is 24.8 Å². The van der Waals surface area contributed by atoms with Crippen LogP contribution in [0.5, 0.6) is 17.2 Å². The normalized spacial score (nSPS) is 17.6. The molecule has 1 unspecified atom stereocenters. The molecule has 1 aromatic carbocycles. The van der Waals surface area contributed by atoms with Gasteiger partial charge in [0.05, 0.1) is 27.4 Å². The Labute approximate surface area is 142 Å². The van der Waals surface area contributed by atoms with E-state index in [4.69, 9.17) is 14.2 Å². The summed E-state index contributed by atoms with van der Waals surface area (Å²) in [5.74, 6) is 1.21. The minimum atomic E-state index is -4.63. The van der Waals surface area contributed by atoms with Crippen molar-refractivity contribution in [2.75, 3.05) is 21.3 Å². The summed E-state index contributed by atoms with van der Waals surface area (Å²) in [6.07, 6.45) is -0.775. The molecule has 25 heavy (non-hydrogen) atoms. The molecular weight excluding hydrogens is 341 g/mol. The van der Waals surface area contributed by atoms with Gasteiger partial charge in [-0.2, -0.15) is 13.2 Å². The number of allylic oxidation sites excluding steroid dienone is 1. The van der Waals surface area contributed by atoms with E-state index < -0.39 is 23.9 Å². The fraction of sp³-hybridized carbons (Fsp3) is 0.312. The highest BCUT2D eigenvalue weighted by atomic mass is 19.4. The van der Waals surface area contributed by atoms with Gasteiger partial charge in [0, 0.05) is 0 Å². The first kappa shape index (κ1) is 18.5. The fourth-order valence-electron chi connectivity index (χ4n) is 2.25. The topological polar surface area (TPSA) is 68.8 Å². The van der Waals surface area contributed by atoms with E-state index in [9.17, 15) is 18.0 Å². The second-order valence-electron chi connectivity index (χ2n) is 5.02. The molecule has 0 saturated heterocycles. The van der Waals surface area contributed by atoms with Crippen molar-refractivity contribution in [3.8, 4) is 17.2 Å². The third-order valence-electron chi connectivity index (χ3n) is 3.38. The maximum absolute atomic E-state index is 12.8. The van der Waals surface area contributed by atoms with E-state index in [0.29, 0.717) is 22.8 Å². The van der Waals surface area contributed by atoms with Crippen LogP contribution in [0.15, 0.2) is 30.0 Å². The number of hydrogen-bond acceptors (Lipinski definition) is 4. The van der Waals surface area contributed by atoms with Crippen molar-refractivity contribution in [3.05, 3.63) is 35.5 Å². The molecule has 0 aromatic heterocycles. The molecule has 9 heteroatoms. The van der Waals surface area contributed by atoms with E-state index in [0.717, 1.165) is 6.08 Å². The summed E-state index contributed by atoms with van der Waals surface area (Å²) in [5.41, 5.74) is -0.500. The molecule has 0 bridgehead atoms. The lowest BCUT2D eigenvalue weighted by Crippen LogP contribution is -2.48. The van der Waals surface area contributed by atoms with Gasteiger partial charge in [0.25, 0.3) is 0 Å². The van der Waals surface area contributed by atoms with Crippen LogP contribution in [0, 0.1) is 0 Å². The van der Waals surface area contributed by atoms with Crippen LogP contribution >= 0.6 is 0 Å². The van der Waals surface area contributed by atoms with Gasteiger partial charge < -0.3 is 24.8 Å². The average molecular weight is 358 g/mol. The Morgan fingerprint density at radius 3 is 2.16 bits per heavy atom. The van der Waals surface area contributed by atoms with E-state index in [-0.39, 0.29) is 0 Å². The average Bonchev–Trinajstić information content (AvgIpc) is 2.57. The van der Waals surface area contributed by atoms with Crippen LogP contribution in [0.25, 0.3) is 6.08 Å². The highest BCUT2D eigenvalue weighted by Gasteiger charge is 2.37.